The Morgan fingerprint density at radius 2 is 1.70 bits per heavy atom. The first-order valence-corrected chi connectivity index (χ1v) is 13.6. The van der Waals surface area contributed by atoms with E-state index in [0.29, 0.717) is 19.6 Å². The summed E-state index contributed by atoms with van der Waals surface area (Å²) in [6, 6.07) is 25.0. The number of H-pyrrole nitrogens is 1. The fourth-order valence-electron chi connectivity index (χ4n) is 6.00. The summed E-state index contributed by atoms with van der Waals surface area (Å²) in [5, 5.41) is 0. The van der Waals surface area contributed by atoms with E-state index in [1.54, 1.807) is 6.20 Å². The highest BCUT2D eigenvalue weighted by molar-refractivity contribution is 8.93. The van der Waals surface area contributed by atoms with Crippen molar-refractivity contribution in [3.8, 4) is 0 Å². The first-order valence-electron chi connectivity index (χ1n) is 13.6. The summed E-state index contributed by atoms with van der Waals surface area (Å²) in [6.45, 7) is 2.65. The summed E-state index contributed by atoms with van der Waals surface area (Å²) in [4.78, 5) is 34.8. The van der Waals surface area contributed by atoms with Gasteiger partial charge in [-0.1, -0.05) is 42.5 Å². The van der Waals surface area contributed by atoms with Crippen molar-refractivity contribution in [2.75, 3.05) is 0 Å². The Morgan fingerprint density at radius 1 is 0.900 bits per heavy atom. The largest absolute Gasteiger partial charge is 0.341 e. The monoisotopic (exact) mass is 594 g/mol. The van der Waals surface area contributed by atoms with E-state index in [9.17, 15) is 4.79 Å². The zero-order chi connectivity index (χ0) is 26.2. The molecule has 1 aliphatic heterocycles. The van der Waals surface area contributed by atoms with Crippen molar-refractivity contribution in [1.29, 1.82) is 0 Å². The number of benzene rings is 2. The van der Waals surface area contributed by atoms with Gasteiger partial charge in [0.15, 0.2) is 0 Å². The molecule has 1 aliphatic carbocycles. The van der Waals surface area contributed by atoms with Gasteiger partial charge in [0, 0.05) is 25.5 Å². The molecule has 0 spiro atoms. The molecule has 0 bridgehead atoms. The van der Waals surface area contributed by atoms with Gasteiger partial charge in [-0.25, -0.2) is 4.98 Å². The predicted molar refractivity (Wildman–Crippen MR) is 160 cm³/mol. The minimum atomic E-state index is 0. The average molecular weight is 596 g/mol. The Balaban J connectivity index is 0.00000289. The van der Waals surface area contributed by atoms with Crippen LogP contribution in [0.3, 0.4) is 0 Å². The number of nitrogens with zero attached hydrogens (tertiary/aromatic N) is 5. The lowest BCUT2D eigenvalue weighted by molar-refractivity contribution is 0.0766. The van der Waals surface area contributed by atoms with Crippen LogP contribution in [-0.4, -0.2) is 35.6 Å². The number of fused-ring (bicyclic) bond motifs is 3. The third-order valence-corrected chi connectivity index (χ3v) is 7.93. The molecule has 0 fully saturated rings. The van der Waals surface area contributed by atoms with E-state index in [-0.39, 0.29) is 28.9 Å². The van der Waals surface area contributed by atoms with Crippen LogP contribution in [0, 0.1) is 0 Å². The van der Waals surface area contributed by atoms with Gasteiger partial charge < -0.3 is 9.88 Å². The molecular weight excluding hydrogens is 564 g/mol. The highest BCUT2D eigenvalue weighted by Crippen LogP contribution is 2.35. The fraction of sp³-hybridized carbons (Fsp3) is 0.250. The second-order valence-corrected chi connectivity index (χ2v) is 10.5. The Kier molecular flexibility index (Phi) is 7.45. The molecule has 0 saturated heterocycles. The maximum atomic E-state index is 12.8. The maximum absolute atomic E-state index is 12.8. The molecule has 7 nitrogen and oxygen atoms in total. The average Bonchev–Trinajstić information content (AvgIpc) is 3.53. The van der Waals surface area contributed by atoms with Gasteiger partial charge in [-0.2, -0.15) is 0 Å². The van der Waals surface area contributed by atoms with Crippen LogP contribution in [0.1, 0.15) is 63.1 Å². The van der Waals surface area contributed by atoms with Crippen molar-refractivity contribution in [3.63, 3.8) is 0 Å². The summed E-state index contributed by atoms with van der Waals surface area (Å²) in [5.74, 6) is 1.03. The van der Waals surface area contributed by atoms with E-state index in [1.165, 1.54) is 16.8 Å². The number of hydrogen-bond acceptors (Lipinski definition) is 5. The number of amides is 1. The minimum absolute atomic E-state index is 0. The molecule has 4 heterocycles. The molecule has 3 aromatic heterocycles. The highest BCUT2D eigenvalue weighted by atomic mass is 79.9. The van der Waals surface area contributed by atoms with Gasteiger partial charge >= 0.3 is 0 Å². The first kappa shape index (κ1) is 26.3. The number of nitrogens with one attached hydrogen (secondary N) is 1. The van der Waals surface area contributed by atoms with Crippen molar-refractivity contribution in [1.82, 2.24) is 29.7 Å². The molecule has 0 radical (unpaired) electrons. The molecule has 40 heavy (non-hydrogen) atoms. The Bertz CT molecular complexity index is 1620. The number of hydrogen-bond donors (Lipinski definition) is 1. The van der Waals surface area contributed by atoms with Crippen molar-refractivity contribution in [3.05, 3.63) is 125 Å². The summed E-state index contributed by atoms with van der Waals surface area (Å²) in [5.41, 5.74) is 8.53. The zero-order valence-corrected chi connectivity index (χ0v) is 23.9. The van der Waals surface area contributed by atoms with Gasteiger partial charge in [0.05, 0.1) is 47.1 Å². The number of imidazole rings is 1. The van der Waals surface area contributed by atoms with Crippen LogP contribution in [0.15, 0.2) is 85.2 Å². The number of carbonyl (C=O) groups excluding carboxylic acids is 1. The third kappa shape index (κ3) is 5.17. The number of aromatic nitrogens is 4. The molecule has 202 valence electrons. The topological polar surface area (TPSA) is 78.0 Å². The van der Waals surface area contributed by atoms with Crippen LogP contribution in [0.5, 0.6) is 0 Å². The van der Waals surface area contributed by atoms with Crippen LogP contribution < -0.4 is 0 Å². The molecule has 2 aromatic carbocycles. The summed E-state index contributed by atoms with van der Waals surface area (Å²) in [6.07, 6.45) is 6.98. The molecule has 1 unspecified atom stereocenters. The minimum Gasteiger partial charge on any atom is -0.341 e. The molecule has 7 rings (SSSR count). The number of aromatic amines is 1. The van der Waals surface area contributed by atoms with Crippen LogP contribution in [0.2, 0.25) is 0 Å². The first-order chi connectivity index (χ1) is 19.2. The molecule has 1 atom stereocenters. The molecule has 0 saturated carbocycles. The third-order valence-electron chi connectivity index (χ3n) is 7.93. The summed E-state index contributed by atoms with van der Waals surface area (Å²) in [7, 11) is 0. The van der Waals surface area contributed by atoms with Crippen LogP contribution in [-0.2, 0) is 32.6 Å². The van der Waals surface area contributed by atoms with Gasteiger partial charge in [0.1, 0.15) is 5.82 Å². The smallest absolute Gasteiger partial charge is 0.256 e. The Morgan fingerprint density at radius 3 is 2.55 bits per heavy atom. The van der Waals surface area contributed by atoms with Gasteiger partial charge in [-0.3, -0.25) is 19.7 Å². The van der Waals surface area contributed by atoms with E-state index >= 15 is 0 Å². The number of carbonyl (C=O) groups is 1. The summed E-state index contributed by atoms with van der Waals surface area (Å²) < 4.78 is 0. The number of pyridine rings is 2. The molecule has 2 aliphatic rings. The molecule has 1 amide bonds. The van der Waals surface area contributed by atoms with Crippen LogP contribution in [0.25, 0.3) is 11.0 Å². The van der Waals surface area contributed by atoms with E-state index in [0.717, 1.165) is 59.5 Å². The SMILES string of the molecule is Br.O=C1c2cccnc2CN1Cc1ccc(CN(Cc2nc3ccccc3[nH]2)C2CCCc3cccnc32)cc1. The lowest BCUT2D eigenvalue weighted by atomic mass is 9.90. The lowest BCUT2D eigenvalue weighted by Gasteiger charge is -2.34. The second kappa shape index (κ2) is 11.3. The van der Waals surface area contributed by atoms with Gasteiger partial charge in [-0.05, 0) is 66.3 Å². The van der Waals surface area contributed by atoms with Gasteiger partial charge in [0.2, 0.25) is 0 Å². The molecular formula is C32H31BrN6O. The number of aryl methyl sites for hydroxylation is 1. The van der Waals surface area contributed by atoms with E-state index in [4.69, 9.17) is 9.97 Å². The fourth-order valence-corrected chi connectivity index (χ4v) is 6.00. The quantitative estimate of drug-likeness (QED) is 0.244. The number of para-hydroxylation sites is 2. The maximum Gasteiger partial charge on any atom is 0.256 e. The number of rotatable bonds is 7. The van der Waals surface area contributed by atoms with Gasteiger partial charge in [0.25, 0.3) is 5.91 Å². The van der Waals surface area contributed by atoms with E-state index in [2.05, 4.69) is 57.3 Å². The van der Waals surface area contributed by atoms with Crippen molar-refractivity contribution in [2.24, 2.45) is 0 Å². The van der Waals surface area contributed by atoms with E-state index in [1.807, 2.05) is 41.4 Å². The Labute approximate surface area is 244 Å². The molecule has 1 N–H and O–H groups in total. The van der Waals surface area contributed by atoms with Crippen molar-refractivity contribution < 1.29 is 4.79 Å². The lowest BCUT2D eigenvalue weighted by Crippen LogP contribution is -2.31. The molecule has 8 heteroatoms. The second-order valence-electron chi connectivity index (χ2n) is 10.5. The van der Waals surface area contributed by atoms with Crippen LogP contribution in [0.4, 0.5) is 0 Å². The Hall–Kier alpha value is -3.88. The van der Waals surface area contributed by atoms with E-state index < -0.39 is 0 Å². The predicted octanol–water partition coefficient (Wildman–Crippen LogP) is 6.17. The zero-order valence-electron chi connectivity index (χ0n) is 22.2. The van der Waals surface area contributed by atoms with Crippen LogP contribution >= 0.6 is 17.0 Å². The highest BCUT2D eigenvalue weighted by Gasteiger charge is 2.29. The van der Waals surface area contributed by atoms with Crippen molar-refractivity contribution >= 4 is 33.9 Å². The standard InChI is InChI=1S/C32H30N6O.BrH/c39-32-25-8-5-16-33-28(25)20-38(32)19-23-14-12-22(13-15-23)18-37(21-30-35-26-9-1-2-10-27(26)36-30)29-11-3-6-24-7-4-17-34-31(24)29;/h1-2,4-5,7-10,12-17,29H,3,6,11,18-21H2,(H,35,36);1H. The van der Waals surface area contributed by atoms with Crippen molar-refractivity contribution in [2.45, 2.75) is 51.5 Å². The van der Waals surface area contributed by atoms with Gasteiger partial charge in [-0.15, -0.1) is 17.0 Å². The molecule has 5 aromatic rings. The number of halogens is 1. The normalized spacial score (nSPS) is 16.2. The summed E-state index contributed by atoms with van der Waals surface area (Å²) >= 11 is 0.